The molecule has 0 aromatic heterocycles. The molecular formula is C11H10ClFO2. The molecule has 0 aliphatic heterocycles. The first-order valence-electron chi connectivity index (χ1n) is 4.40. The number of aryl methyl sites for hydroxylation is 1. The highest BCUT2D eigenvalue weighted by Crippen LogP contribution is 2.21. The van der Waals surface area contributed by atoms with Gasteiger partial charge >= 0.3 is 0 Å². The van der Waals surface area contributed by atoms with Gasteiger partial charge in [-0.15, -0.1) is 0 Å². The lowest BCUT2D eigenvalue weighted by molar-refractivity contribution is -0.116. The summed E-state index contributed by atoms with van der Waals surface area (Å²) in [4.78, 5) is 22.2. The van der Waals surface area contributed by atoms with Gasteiger partial charge in [-0.05, 0) is 31.5 Å². The fourth-order valence-electron chi connectivity index (χ4n) is 1.18. The van der Waals surface area contributed by atoms with Gasteiger partial charge in [0.2, 0.25) is 0 Å². The van der Waals surface area contributed by atoms with Gasteiger partial charge in [0.25, 0.3) is 0 Å². The van der Waals surface area contributed by atoms with Crippen LogP contribution in [0.4, 0.5) is 4.39 Å². The van der Waals surface area contributed by atoms with Gasteiger partial charge < -0.3 is 0 Å². The molecule has 1 aromatic carbocycles. The molecular weight excluding hydrogens is 219 g/mol. The van der Waals surface area contributed by atoms with Crippen molar-refractivity contribution < 1.29 is 14.0 Å². The van der Waals surface area contributed by atoms with Crippen LogP contribution in [-0.2, 0) is 4.79 Å². The SMILES string of the molecule is CC(=O)CC(=O)c1cc(F)c(C)cc1Cl. The molecule has 0 fully saturated rings. The van der Waals surface area contributed by atoms with Crippen LogP contribution in [0.25, 0.3) is 0 Å². The Balaban J connectivity index is 3.09. The van der Waals surface area contributed by atoms with Crippen molar-refractivity contribution >= 4 is 23.2 Å². The summed E-state index contributed by atoms with van der Waals surface area (Å²) in [7, 11) is 0. The van der Waals surface area contributed by atoms with Crippen LogP contribution in [0.2, 0.25) is 5.02 Å². The lowest BCUT2D eigenvalue weighted by Gasteiger charge is -2.04. The standard InChI is InChI=1S/C11H10ClFO2/c1-6-3-9(12)8(5-10(6)13)11(15)4-7(2)14/h3,5H,4H2,1-2H3. The highest BCUT2D eigenvalue weighted by atomic mass is 35.5. The van der Waals surface area contributed by atoms with Gasteiger partial charge in [0.1, 0.15) is 11.6 Å². The summed E-state index contributed by atoms with van der Waals surface area (Å²) in [5, 5.41) is 0.181. The summed E-state index contributed by atoms with van der Waals surface area (Å²) in [6.45, 7) is 2.86. The lowest BCUT2D eigenvalue weighted by atomic mass is 10.0. The Morgan fingerprint density at radius 1 is 1.40 bits per heavy atom. The Hall–Kier alpha value is -1.22. The quantitative estimate of drug-likeness (QED) is 0.589. The van der Waals surface area contributed by atoms with E-state index in [4.69, 9.17) is 11.6 Å². The van der Waals surface area contributed by atoms with Crippen LogP contribution < -0.4 is 0 Å². The molecule has 15 heavy (non-hydrogen) atoms. The molecule has 0 saturated carbocycles. The first-order chi connectivity index (χ1) is 6.91. The van der Waals surface area contributed by atoms with E-state index in [1.54, 1.807) is 6.92 Å². The second-order valence-electron chi connectivity index (χ2n) is 3.38. The number of benzene rings is 1. The Bertz CT molecular complexity index is 427. The zero-order valence-electron chi connectivity index (χ0n) is 8.43. The van der Waals surface area contributed by atoms with Crippen LogP contribution in [0.3, 0.4) is 0 Å². The van der Waals surface area contributed by atoms with E-state index >= 15 is 0 Å². The highest BCUT2D eigenvalue weighted by molar-refractivity contribution is 6.34. The van der Waals surface area contributed by atoms with E-state index in [1.165, 1.54) is 13.0 Å². The molecule has 0 atom stereocenters. The number of hydrogen-bond donors (Lipinski definition) is 0. The van der Waals surface area contributed by atoms with E-state index in [9.17, 15) is 14.0 Å². The van der Waals surface area contributed by atoms with Gasteiger partial charge in [0.05, 0.1) is 11.4 Å². The van der Waals surface area contributed by atoms with Crippen LogP contribution in [0.1, 0.15) is 29.3 Å². The molecule has 0 unspecified atom stereocenters. The third kappa shape index (κ3) is 2.86. The van der Waals surface area contributed by atoms with Crippen LogP contribution >= 0.6 is 11.6 Å². The van der Waals surface area contributed by atoms with E-state index in [0.29, 0.717) is 5.56 Å². The number of Topliss-reactive ketones (excluding diaryl/α,β-unsaturated/α-hetero) is 2. The molecule has 0 bridgehead atoms. The number of rotatable bonds is 3. The molecule has 80 valence electrons. The number of hydrogen-bond acceptors (Lipinski definition) is 2. The first kappa shape index (κ1) is 11.9. The monoisotopic (exact) mass is 228 g/mol. The molecule has 4 heteroatoms. The van der Waals surface area contributed by atoms with Crippen LogP contribution in [0, 0.1) is 12.7 Å². The van der Waals surface area contributed by atoms with Gasteiger partial charge in [-0.25, -0.2) is 4.39 Å². The van der Waals surface area contributed by atoms with E-state index in [2.05, 4.69) is 0 Å². The number of halogens is 2. The van der Waals surface area contributed by atoms with Crippen molar-refractivity contribution in [1.82, 2.24) is 0 Å². The smallest absolute Gasteiger partial charge is 0.171 e. The van der Waals surface area contributed by atoms with Gasteiger partial charge in [-0.1, -0.05) is 11.6 Å². The third-order valence-corrected chi connectivity index (χ3v) is 2.27. The van der Waals surface area contributed by atoms with Crippen molar-refractivity contribution in [3.63, 3.8) is 0 Å². The Kier molecular flexibility index (Phi) is 3.58. The van der Waals surface area contributed by atoms with Crippen molar-refractivity contribution in [1.29, 1.82) is 0 Å². The predicted octanol–water partition coefficient (Wildman–Crippen LogP) is 2.95. The molecule has 0 aliphatic rings. The molecule has 0 saturated heterocycles. The minimum Gasteiger partial charge on any atom is -0.300 e. The van der Waals surface area contributed by atoms with E-state index in [1.807, 2.05) is 0 Å². The summed E-state index contributed by atoms with van der Waals surface area (Å²) >= 11 is 5.78. The topological polar surface area (TPSA) is 34.1 Å². The summed E-state index contributed by atoms with van der Waals surface area (Å²) in [5.74, 6) is -1.21. The molecule has 1 rings (SSSR count). The van der Waals surface area contributed by atoms with E-state index in [0.717, 1.165) is 6.07 Å². The van der Waals surface area contributed by atoms with Gasteiger partial charge in [-0.3, -0.25) is 9.59 Å². The molecule has 0 N–H and O–H groups in total. The maximum absolute atomic E-state index is 13.2. The van der Waals surface area contributed by atoms with E-state index < -0.39 is 11.6 Å². The van der Waals surface area contributed by atoms with E-state index in [-0.39, 0.29) is 22.8 Å². The fourth-order valence-corrected chi connectivity index (χ4v) is 1.50. The fraction of sp³-hybridized carbons (Fsp3) is 0.273. The molecule has 0 radical (unpaired) electrons. The maximum atomic E-state index is 13.2. The zero-order valence-corrected chi connectivity index (χ0v) is 9.19. The summed E-state index contributed by atoms with van der Waals surface area (Å²) in [6, 6.07) is 2.45. The van der Waals surface area contributed by atoms with Crippen LogP contribution in [0.5, 0.6) is 0 Å². The molecule has 1 aromatic rings. The second-order valence-corrected chi connectivity index (χ2v) is 3.79. The van der Waals surface area contributed by atoms with Crippen molar-refractivity contribution in [2.24, 2.45) is 0 Å². The zero-order chi connectivity index (χ0) is 11.6. The Morgan fingerprint density at radius 2 is 2.00 bits per heavy atom. The molecule has 0 amide bonds. The summed E-state index contributed by atoms with van der Waals surface area (Å²) < 4.78 is 13.2. The highest BCUT2D eigenvalue weighted by Gasteiger charge is 2.14. The Morgan fingerprint density at radius 3 is 2.53 bits per heavy atom. The average molecular weight is 229 g/mol. The van der Waals surface area contributed by atoms with Gasteiger partial charge in [0.15, 0.2) is 5.78 Å². The number of carbonyl (C=O) groups is 2. The average Bonchev–Trinajstić information content (AvgIpc) is 2.09. The van der Waals surface area contributed by atoms with Crippen molar-refractivity contribution in [2.45, 2.75) is 20.3 Å². The molecule has 0 heterocycles. The normalized spacial score (nSPS) is 10.1. The number of ketones is 2. The minimum atomic E-state index is -0.494. The van der Waals surface area contributed by atoms with Crippen LogP contribution in [0.15, 0.2) is 12.1 Å². The molecule has 2 nitrogen and oxygen atoms in total. The maximum Gasteiger partial charge on any atom is 0.171 e. The second kappa shape index (κ2) is 4.53. The minimum absolute atomic E-state index is 0.0648. The predicted molar refractivity (Wildman–Crippen MR) is 55.8 cm³/mol. The first-order valence-corrected chi connectivity index (χ1v) is 4.78. The summed E-state index contributed by atoms with van der Waals surface area (Å²) in [6.07, 6.45) is -0.248. The van der Waals surface area contributed by atoms with Crippen molar-refractivity contribution in [3.8, 4) is 0 Å². The molecule has 0 spiro atoms. The van der Waals surface area contributed by atoms with Crippen molar-refractivity contribution in [2.75, 3.05) is 0 Å². The molecule has 0 aliphatic carbocycles. The summed E-state index contributed by atoms with van der Waals surface area (Å²) in [5.41, 5.74) is 0.439. The van der Waals surface area contributed by atoms with Gasteiger partial charge in [-0.2, -0.15) is 0 Å². The number of carbonyl (C=O) groups excluding carboxylic acids is 2. The third-order valence-electron chi connectivity index (χ3n) is 1.96. The van der Waals surface area contributed by atoms with Gasteiger partial charge in [0, 0.05) is 5.56 Å². The largest absolute Gasteiger partial charge is 0.300 e. The van der Waals surface area contributed by atoms with Crippen molar-refractivity contribution in [3.05, 3.63) is 34.1 Å². The van der Waals surface area contributed by atoms with Crippen LogP contribution in [-0.4, -0.2) is 11.6 Å². The Labute approximate surface area is 92.0 Å². The lowest BCUT2D eigenvalue weighted by Crippen LogP contribution is -2.06.